The van der Waals surface area contributed by atoms with E-state index in [9.17, 15) is 9.59 Å². The molecule has 5 unspecified atom stereocenters. The van der Waals surface area contributed by atoms with E-state index in [4.69, 9.17) is 0 Å². The van der Waals surface area contributed by atoms with Gasteiger partial charge in [0.2, 0.25) is 11.8 Å². The van der Waals surface area contributed by atoms with Crippen LogP contribution in [0.4, 0.5) is 0 Å². The number of amides is 2. The van der Waals surface area contributed by atoms with Crippen LogP contribution in [-0.2, 0) is 9.59 Å². The lowest BCUT2D eigenvalue weighted by atomic mass is 9.85. The molecule has 8 heteroatoms. The summed E-state index contributed by atoms with van der Waals surface area (Å²) in [5.41, 5.74) is 0. The van der Waals surface area contributed by atoms with Gasteiger partial charge in [-0.15, -0.1) is 35.3 Å². The first-order valence-electron chi connectivity index (χ1n) is 9.61. The summed E-state index contributed by atoms with van der Waals surface area (Å²) in [4.78, 5) is 32.4. The number of hydrogen-bond donors (Lipinski definition) is 2. The Bertz CT molecular complexity index is 749. The molecule has 0 aromatic carbocycles. The molecule has 2 amide bonds. The number of imide groups is 1. The van der Waals surface area contributed by atoms with Crippen molar-refractivity contribution in [3.63, 3.8) is 0 Å². The van der Waals surface area contributed by atoms with Gasteiger partial charge in [0.05, 0.1) is 11.8 Å². The fourth-order valence-corrected chi connectivity index (χ4v) is 5.40. The van der Waals surface area contributed by atoms with E-state index < -0.39 is 0 Å². The summed E-state index contributed by atoms with van der Waals surface area (Å²) < 4.78 is 0. The van der Waals surface area contributed by atoms with Crippen LogP contribution in [0.3, 0.4) is 0 Å². The molecule has 2 N–H and O–H groups in total. The molecule has 6 nitrogen and oxygen atoms in total. The quantitative estimate of drug-likeness (QED) is 0.201. The number of likely N-dealkylation sites (tertiary alicyclic amines) is 1. The molecule has 5 atom stereocenters. The van der Waals surface area contributed by atoms with Crippen LogP contribution in [-0.4, -0.2) is 49.4 Å². The predicted molar refractivity (Wildman–Crippen MR) is 122 cm³/mol. The molecule has 1 aromatic rings. The SMILES string of the molecule is CN=C(NCCN1C(=O)C2C3C=CC(C3)C2C1=O)NCC(C)c1cccs1.I. The van der Waals surface area contributed by atoms with Crippen LogP contribution in [0, 0.1) is 23.7 Å². The van der Waals surface area contributed by atoms with Crippen molar-refractivity contribution in [1.82, 2.24) is 15.5 Å². The highest BCUT2D eigenvalue weighted by molar-refractivity contribution is 14.0. The van der Waals surface area contributed by atoms with Crippen molar-refractivity contribution < 1.29 is 9.59 Å². The Hall–Kier alpha value is -1.42. The normalized spacial score (nSPS) is 29.1. The number of carbonyl (C=O) groups is 2. The molecule has 1 saturated heterocycles. The van der Waals surface area contributed by atoms with Crippen molar-refractivity contribution >= 4 is 53.1 Å². The van der Waals surface area contributed by atoms with Crippen molar-refractivity contribution in [2.45, 2.75) is 19.3 Å². The van der Waals surface area contributed by atoms with Crippen LogP contribution in [0.15, 0.2) is 34.7 Å². The van der Waals surface area contributed by atoms with Crippen molar-refractivity contribution in [2.24, 2.45) is 28.7 Å². The first kappa shape index (κ1) is 21.3. The Morgan fingerprint density at radius 1 is 1.25 bits per heavy atom. The summed E-state index contributed by atoms with van der Waals surface area (Å²) in [5, 5.41) is 8.62. The van der Waals surface area contributed by atoms with Gasteiger partial charge in [-0.2, -0.15) is 0 Å². The zero-order valence-corrected chi connectivity index (χ0v) is 19.3. The van der Waals surface area contributed by atoms with Gasteiger partial charge in [-0.05, 0) is 29.7 Å². The second-order valence-corrected chi connectivity index (χ2v) is 8.60. The highest BCUT2D eigenvalue weighted by Gasteiger charge is 2.58. The number of guanidine groups is 1. The second kappa shape index (κ2) is 8.94. The molecule has 3 aliphatic rings. The van der Waals surface area contributed by atoms with E-state index in [1.807, 2.05) is 0 Å². The number of thiophene rings is 1. The summed E-state index contributed by atoms with van der Waals surface area (Å²) in [6.45, 7) is 3.85. The Morgan fingerprint density at radius 2 is 1.93 bits per heavy atom. The topological polar surface area (TPSA) is 73.8 Å². The minimum absolute atomic E-state index is 0. The summed E-state index contributed by atoms with van der Waals surface area (Å²) in [7, 11) is 1.73. The summed E-state index contributed by atoms with van der Waals surface area (Å²) >= 11 is 1.75. The van der Waals surface area contributed by atoms with E-state index in [-0.39, 0.29) is 59.5 Å². The molecule has 2 bridgehead atoms. The van der Waals surface area contributed by atoms with Gasteiger partial charge in [-0.3, -0.25) is 19.5 Å². The summed E-state index contributed by atoms with van der Waals surface area (Å²) in [5.74, 6) is 1.42. The Labute approximate surface area is 186 Å². The minimum atomic E-state index is -0.114. The van der Waals surface area contributed by atoms with Crippen LogP contribution in [0.2, 0.25) is 0 Å². The van der Waals surface area contributed by atoms with Gasteiger partial charge in [0, 0.05) is 37.5 Å². The fourth-order valence-electron chi connectivity index (χ4n) is 4.61. The standard InChI is InChI=1S/C20H26N4O2S.HI/c1-12(15-4-3-9-27-15)11-23-20(21-2)22-7-8-24-18(25)16-13-5-6-14(10-13)17(16)19(24)26;/h3-6,9,12-14,16-17H,7-8,10-11H2,1-2H3,(H2,21,22,23);1H. The minimum Gasteiger partial charge on any atom is -0.356 e. The van der Waals surface area contributed by atoms with Crippen LogP contribution in [0.5, 0.6) is 0 Å². The third-order valence-corrected chi connectivity index (χ3v) is 7.12. The van der Waals surface area contributed by atoms with E-state index in [1.54, 1.807) is 18.4 Å². The Kier molecular flexibility index (Phi) is 6.80. The average molecular weight is 514 g/mol. The molecule has 0 radical (unpaired) electrons. The largest absolute Gasteiger partial charge is 0.356 e. The van der Waals surface area contributed by atoms with Crippen molar-refractivity contribution in [3.05, 3.63) is 34.5 Å². The van der Waals surface area contributed by atoms with Gasteiger partial charge in [0.1, 0.15) is 0 Å². The number of hydrogen-bond acceptors (Lipinski definition) is 4. The lowest BCUT2D eigenvalue weighted by Crippen LogP contribution is -2.44. The first-order valence-corrected chi connectivity index (χ1v) is 10.5. The van der Waals surface area contributed by atoms with Gasteiger partial charge < -0.3 is 10.6 Å². The average Bonchev–Trinajstić information content (AvgIpc) is 3.45. The van der Waals surface area contributed by atoms with E-state index in [2.05, 4.69) is 52.2 Å². The fraction of sp³-hybridized carbons (Fsp3) is 0.550. The van der Waals surface area contributed by atoms with Gasteiger partial charge in [-0.1, -0.05) is 25.1 Å². The zero-order valence-electron chi connectivity index (χ0n) is 16.1. The maximum atomic E-state index is 12.7. The molecule has 152 valence electrons. The predicted octanol–water partition coefficient (Wildman–Crippen LogP) is 2.44. The highest BCUT2D eigenvalue weighted by Crippen LogP contribution is 2.52. The summed E-state index contributed by atoms with van der Waals surface area (Å²) in [6, 6.07) is 4.20. The molecular weight excluding hydrogens is 487 g/mol. The monoisotopic (exact) mass is 514 g/mol. The van der Waals surface area contributed by atoms with Gasteiger partial charge in [-0.25, -0.2) is 0 Å². The van der Waals surface area contributed by atoms with Crippen molar-refractivity contribution in [3.8, 4) is 0 Å². The van der Waals surface area contributed by atoms with Crippen LogP contribution >= 0.6 is 35.3 Å². The van der Waals surface area contributed by atoms with Gasteiger partial charge in [0.15, 0.2) is 5.96 Å². The first-order chi connectivity index (χ1) is 13.1. The van der Waals surface area contributed by atoms with E-state index in [0.29, 0.717) is 25.0 Å². The van der Waals surface area contributed by atoms with Crippen LogP contribution in [0.25, 0.3) is 0 Å². The number of nitrogens with one attached hydrogen (secondary N) is 2. The smallest absolute Gasteiger partial charge is 0.233 e. The number of rotatable bonds is 6. The van der Waals surface area contributed by atoms with Crippen molar-refractivity contribution in [1.29, 1.82) is 0 Å². The number of aliphatic imine (C=N–C) groups is 1. The highest BCUT2D eigenvalue weighted by atomic mass is 127. The van der Waals surface area contributed by atoms with Gasteiger partial charge in [0.25, 0.3) is 0 Å². The molecule has 28 heavy (non-hydrogen) atoms. The molecule has 1 aromatic heterocycles. The number of carbonyl (C=O) groups excluding carboxylic acids is 2. The van der Waals surface area contributed by atoms with E-state index >= 15 is 0 Å². The lowest BCUT2D eigenvalue weighted by Gasteiger charge is -2.19. The molecule has 2 fully saturated rings. The zero-order chi connectivity index (χ0) is 19.0. The Balaban J connectivity index is 0.00000225. The molecule has 1 saturated carbocycles. The maximum Gasteiger partial charge on any atom is 0.233 e. The van der Waals surface area contributed by atoms with E-state index in [1.165, 1.54) is 9.78 Å². The number of allylic oxidation sites excluding steroid dienone is 2. The molecule has 4 rings (SSSR count). The number of nitrogens with zero attached hydrogens (tertiary/aromatic N) is 2. The maximum absolute atomic E-state index is 12.7. The van der Waals surface area contributed by atoms with E-state index in [0.717, 1.165) is 13.0 Å². The molecule has 2 heterocycles. The Morgan fingerprint density at radius 3 is 2.50 bits per heavy atom. The lowest BCUT2D eigenvalue weighted by molar-refractivity contribution is -0.140. The summed E-state index contributed by atoms with van der Waals surface area (Å²) in [6.07, 6.45) is 5.22. The second-order valence-electron chi connectivity index (χ2n) is 7.62. The number of fused-ring (bicyclic) bond motifs is 5. The molecular formula is C20H27IN4O2S. The molecule has 0 spiro atoms. The third-order valence-electron chi connectivity index (χ3n) is 6.02. The third kappa shape index (κ3) is 3.85. The van der Waals surface area contributed by atoms with Crippen LogP contribution in [0.1, 0.15) is 24.1 Å². The molecule has 1 aliphatic heterocycles. The number of halogens is 1. The van der Waals surface area contributed by atoms with Gasteiger partial charge >= 0.3 is 0 Å². The van der Waals surface area contributed by atoms with Crippen LogP contribution < -0.4 is 10.6 Å². The van der Waals surface area contributed by atoms with Crippen molar-refractivity contribution in [2.75, 3.05) is 26.7 Å². The molecule has 2 aliphatic carbocycles.